The van der Waals surface area contributed by atoms with Gasteiger partial charge in [-0.15, -0.1) is 0 Å². The molecular formula is C15H18N2O2. The summed E-state index contributed by atoms with van der Waals surface area (Å²) in [5.74, 6) is -0.217. The van der Waals surface area contributed by atoms with Crippen molar-refractivity contribution in [3.63, 3.8) is 0 Å². The summed E-state index contributed by atoms with van der Waals surface area (Å²) in [5, 5.41) is 3.66. The minimum absolute atomic E-state index is 0.0134. The van der Waals surface area contributed by atoms with E-state index in [0.29, 0.717) is 5.56 Å². The number of aromatic amines is 1. The number of rotatable bonds is 3. The number of amides is 1. The number of carbonyl (C=O) groups excluding carboxylic acids is 2. The Morgan fingerprint density at radius 1 is 1.21 bits per heavy atom. The number of aromatic nitrogens is 1. The van der Waals surface area contributed by atoms with Gasteiger partial charge in [0.2, 0.25) is 0 Å². The fourth-order valence-electron chi connectivity index (χ4n) is 1.80. The highest BCUT2D eigenvalue weighted by Gasteiger charge is 2.21. The van der Waals surface area contributed by atoms with Crippen molar-refractivity contribution < 1.29 is 9.59 Å². The summed E-state index contributed by atoms with van der Waals surface area (Å²) in [6.07, 6.45) is 1.79. The second kappa shape index (κ2) is 4.88. The molecule has 0 bridgehead atoms. The monoisotopic (exact) mass is 258 g/mol. The lowest BCUT2D eigenvalue weighted by molar-refractivity contribution is -0.125. The van der Waals surface area contributed by atoms with Crippen LogP contribution < -0.4 is 5.32 Å². The van der Waals surface area contributed by atoms with Crippen LogP contribution in [0.25, 0.3) is 10.9 Å². The van der Waals surface area contributed by atoms with Crippen LogP contribution in [-0.2, 0) is 4.79 Å². The lowest BCUT2D eigenvalue weighted by Crippen LogP contribution is -2.35. The van der Waals surface area contributed by atoms with Gasteiger partial charge in [-0.25, -0.2) is 0 Å². The molecule has 2 N–H and O–H groups in total. The van der Waals surface area contributed by atoms with Crippen molar-refractivity contribution in [2.45, 2.75) is 20.8 Å². The summed E-state index contributed by atoms with van der Waals surface area (Å²) in [4.78, 5) is 26.9. The van der Waals surface area contributed by atoms with Crippen LogP contribution >= 0.6 is 0 Å². The zero-order chi connectivity index (χ0) is 14.0. The van der Waals surface area contributed by atoms with Gasteiger partial charge >= 0.3 is 0 Å². The van der Waals surface area contributed by atoms with E-state index >= 15 is 0 Å². The number of benzene rings is 1. The van der Waals surface area contributed by atoms with Crippen LogP contribution in [0.1, 0.15) is 31.1 Å². The number of fused-ring (bicyclic) bond motifs is 1. The number of hydrogen-bond donors (Lipinski definition) is 2. The molecule has 0 aliphatic rings. The van der Waals surface area contributed by atoms with Crippen molar-refractivity contribution in [2.75, 3.05) is 6.54 Å². The second-order valence-electron chi connectivity index (χ2n) is 5.60. The molecule has 0 unspecified atom stereocenters. The first-order valence-electron chi connectivity index (χ1n) is 6.27. The quantitative estimate of drug-likeness (QED) is 0.888. The van der Waals surface area contributed by atoms with E-state index in [1.165, 1.54) is 0 Å². The molecule has 0 atom stereocenters. The number of Topliss-reactive ketones (excluding diaryl/α,β-unsaturated/α-hetero) is 1. The largest absolute Gasteiger partial charge is 0.361 e. The van der Waals surface area contributed by atoms with Crippen LogP contribution in [0.3, 0.4) is 0 Å². The summed E-state index contributed by atoms with van der Waals surface area (Å²) in [6, 6.07) is 7.42. The maximum Gasteiger partial charge on any atom is 0.253 e. The molecule has 0 spiro atoms. The molecule has 1 aromatic heterocycles. The highest BCUT2D eigenvalue weighted by Crippen LogP contribution is 2.17. The van der Waals surface area contributed by atoms with Gasteiger partial charge < -0.3 is 10.3 Å². The van der Waals surface area contributed by atoms with Gasteiger partial charge in [0.1, 0.15) is 0 Å². The van der Waals surface area contributed by atoms with E-state index in [2.05, 4.69) is 10.3 Å². The van der Waals surface area contributed by atoms with Crippen LogP contribution in [0, 0.1) is 5.41 Å². The molecule has 0 fully saturated rings. The van der Waals surface area contributed by atoms with E-state index in [9.17, 15) is 9.59 Å². The van der Waals surface area contributed by atoms with Crippen LogP contribution in [0.4, 0.5) is 0 Å². The average molecular weight is 258 g/mol. The molecule has 1 heterocycles. The van der Waals surface area contributed by atoms with Crippen LogP contribution in [0.2, 0.25) is 0 Å². The first-order chi connectivity index (χ1) is 8.89. The summed E-state index contributed by atoms with van der Waals surface area (Å²) in [5.41, 5.74) is 0.915. The zero-order valence-corrected chi connectivity index (χ0v) is 11.4. The summed E-state index contributed by atoms with van der Waals surface area (Å²) < 4.78 is 0. The Kier molecular flexibility index (Phi) is 3.42. The average Bonchev–Trinajstić information content (AvgIpc) is 2.82. The fraction of sp³-hybridized carbons (Fsp3) is 0.333. The molecule has 0 aliphatic heterocycles. The van der Waals surface area contributed by atoms with Gasteiger partial charge in [0, 0.05) is 17.0 Å². The minimum Gasteiger partial charge on any atom is -0.361 e. The van der Waals surface area contributed by atoms with Crippen molar-refractivity contribution in [3.05, 3.63) is 36.0 Å². The minimum atomic E-state index is -0.439. The third-order valence-corrected chi connectivity index (χ3v) is 3.08. The topological polar surface area (TPSA) is 62.0 Å². The second-order valence-corrected chi connectivity index (χ2v) is 5.60. The SMILES string of the molecule is CC(C)(C)C(=O)CNC(=O)c1cccc2cc[nH]c12. The van der Waals surface area contributed by atoms with Gasteiger partial charge in [-0.1, -0.05) is 32.9 Å². The Hall–Kier alpha value is -2.10. The lowest BCUT2D eigenvalue weighted by Gasteiger charge is -2.16. The number of hydrogen-bond acceptors (Lipinski definition) is 2. The highest BCUT2D eigenvalue weighted by molar-refractivity contribution is 6.06. The molecule has 4 nitrogen and oxygen atoms in total. The predicted octanol–water partition coefficient (Wildman–Crippen LogP) is 2.51. The Morgan fingerprint density at radius 3 is 2.63 bits per heavy atom. The van der Waals surface area contributed by atoms with Gasteiger partial charge in [-0.2, -0.15) is 0 Å². The Balaban J connectivity index is 2.13. The molecule has 100 valence electrons. The molecule has 0 radical (unpaired) electrons. The number of carbonyl (C=O) groups is 2. The molecular weight excluding hydrogens is 240 g/mol. The fourth-order valence-corrected chi connectivity index (χ4v) is 1.80. The molecule has 0 aliphatic carbocycles. The number of ketones is 1. The maximum atomic E-state index is 12.1. The predicted molar refractivity (Wildman–Crippen MR) is 75.1 cm³/mol. The van der Waals surface area contributed by atoms with Gasteiger partial charge in [-0.05, 0) is 12.1 Å². The molecule has 2 aromatic rings. The first-order valence-corrected chi connectivity index (χ1v) is 6.27. The summed E-state index contributed by atoms with van der Waals surface area (Å²) >= 11 is 0. The number of para-hydroxylation sites is 1. The number of H-pyrrole nitrogens is 1. The highest BCUT2D eigenvalue weighted by atomic mass is 16.2. The number of nitrogens with one attached hydrogen (secondary N) is 2. The van der Waals surface area contributed by atoms with Gasteiger partial charge in [-0.3, -0.25) is 9.59 Å². The van der Waals surface area contributed by atoms with Gasteiger partial charge in [0.05, 0.1) is 17.6 Å². The molecule has 2 rings (SSSR count). The van der Waals surface area contributed by atoms with E-state index in [-0.39, 0.29) is 18.2 Å². The van der Waals surface area contributed by atoms with E-state index in [0.717, 1.165) is 10.9 Å². The van der Waals surface area contributed by atoms with Crippen LogP contribution in [-0.4, -0.2) is 23.2 Å². The van der Waals surface area contributed by atoms with Crippen molar-refractivity contribution >= 4 is 22.6 Å². The van der Waals surface area contributed by atoms with Crippen molar-refractivity contribution in [3.8, 4) is 0 Å². The first kappa shape index (κ1) is 13.3. The van der Waals surface area contributed by atoms with E-state index in [1.807, 2.05) is 39.0 Å². The molecule has 4 heteroatoms. The van der Waals surface area contributed by atoms with E-state index < -0.39 is 5.41 Å². The van der Waals surface area contributed by atoms with Crippen LogP contribution in [0.5, 0.6) is 0 Å². The van der Waals surface area contributed by atoms with E-state index in [4.69, 9.17) is 0 Å². The molecule has 0 saturated heterocycles. The lowest BCUT2D eigenvalue weighted by atomic mass is 9.91. The Labute approximate surface area is 112 Å². The smallest absolute Gasteiger partial charge is 0.253 e. The third-order valence-electron chi connectivity index (χ3n) is 3.08. The summed E-state index contributed by atoms with van der Waals surface area (Å²) in [7, 11) is 0. The van der Waals surface area contributed by atoms with Crippen LogP contribution in [0.15, 0.2) is 30.5 Å². The van der Waals surface area contributed by atoms with Gasteiger partial charge in [0.15, 0.2) is 5.78 Å². The van der Waals surface area contributed by atoms with Gasteiger partial charge in [0.25, 0.3) is 5.91 Å². The Morgan fingerprint density at radius 2 is 1.95 bits per heavy atom. The Bertz CT molecular complexity index is 620. The summed E-state index contributed by atoms with van der Waals surface area (Å²) in [6.45, 7) is 5.58. The van der Waals surface area contributed by atoms with Crippen molar-refractivity contribution in [1.82, 2.24) is 10.3 Å². The standard InChI is InChI=1S/C15H18N2O2/c1-15(2,3)12(18)9-17-14(19)11-6-4-5-10-7-8-16-13(10)11/h4-8,16H,9H2,1-3H3,(H,17,19). The normalized spacial score (nSPS) is 11.5. The zero-order valence-electron chi connectivity index (χ0n) is 11.4. The maximum absolute atomic E-state index is 12.1. The van der Waals surface area contributed by atoms with Crippen molar-refractivity contribution in [1.29, 1.82) is 0 Å². The molecule has 1 aromatic carbocycles. The molecule has 0 saturated carbocycles. The van der Waals surface area contributed by atoms with E-state index in [1.54, 1.807) is 12.3 Å². The molecule has 1 amide bonds. The van der Waals surface area contributed by atoms with Crippen molar-refractivity contribution in [2.24, 2.45) is 5.41 Å². The third kappa shape index (κ3) is 2.84. The molecule has 19 heavy (non-hydrogen) atoms.